The molecule has 0 bridgehead atoms. The number of halogens is 1. The number of rotatable bonds is 4. The first-order chi connectivity index (χ1) is 9.78. The van der Waals surface area contributed by atoms with Gasteiger partial charge in [-0.1, -0.05) is 37.6 Å². The van der Waals surface area contributed by atoms with Crippen LogP contribution in [-0.2, 0) is 10.0 Å². The van der Waals surface area contributed by atoms with Crippen LogP contribution in [0.1, 0.15) is 20.3 Å². The van der Waals surface area contributed by atoms with E-state index in [9.17, 15) is 8.42 Å². The van der Waals surface area contributed by atoms with Gasteiger partial charge in [-0.3, -0.25) is 0 Å². The summed E-state index contributed by atoms with van der Waals surface area (Å²) in [6.45, 7) is 4.13. The van der Waals surface area contributed by atoms with E-state index in [1.807, 2.05) is 18.2 Å². The van der Waals surface area contributed by atoms with E-state index in [0.717, 1.165) is 16.9 Å². The lowest BCUT2D eigenvalue weighted by Gasteiger charge is -2.06. The van der Waals surface area contributed by atoms with Crippen molar-refractivity contribution in [1.29, 1.82) is 0 Å². The Morgan fingerprint density at radius 1 is 1.19 bits per heavy atom. The van der Waals surface area contributed by atoms with Crippen LogP contribution in [0.3, 0.4) is 0 Å². The zero-order chi connectivity index (χ0) is 15.3. The Labute approximate surface area is 134 Å². The van der Waals surface area contributed by atoms with Crippen LogP contribution < -0.4 is 4.72 Å². The normalized spacial score (nSPS) is 20.4. The molecule has 1 N–H and O–H groups in total. The van der Waals surface area contributed by atoms with Gasteiger partial charge in [0.25, 0.3) is 0 Å². The summed E-state index contributed by atoms with van der Waals surface area (Å²) in [6, 6.07) is 10.9. The van der Waals surface area contributed by atoms with Gasteiger partial charge in [0.2, 0.25) is 10.0 Å². The third-order valence-corrected chi connectivity index (χ3v) is 7.14. The van der Waals surface area contributed by atoms with Crippen LogP contribution in [0.25, 0.3) is 10.4 Å². The first kappa shape index (κ1) is 15.0. The summed E-state index contributed by atoms with van der Waals surface area (Å²) in [6.07, 6.45) is 0.891. The summed E-state index contributed by atoms with van der Waals surface area (Å²) in [4.78, 5) is 0.919. The van der Waals surface area contributed by atoms with Gasteiger partial charge < -0.3 is 0 Å². The highest BCUT2D eigenvalue weighted by Crippen LogP contribution is 2.45. The van der Waals surface area contributed by atoms with E-state index in [1.54, 1.807) is 18.2 Å². The van der Waals surface area contributed by atoms with Gasteiger partial charge in [-0.15, -0.1) is 11.3 Å². The van der Waals surface area contributed by atoms with Gasteiger partial charge in [0.1, 0.15) is 4.21 Å². The van der Waals surface area contributed by atoms with Gasteiger partial charge in [0.05, 0.1) is 0 Å². The lowest BCUT2D eigenvalue weighted by atomic mass is 10.2. The molecule has 1 aliphatic rings. The molecule has 1 atom stereocenters. The first-order valence-corrected chi connectivity index (χ1v) is 9.34. The zero-order valence-electron chi connectivity index (χ0n) is 11.8. The number of hydrogen-bond acceptors (Lipinski definition) is 3. The average Bonchev–Trinajstić information content (AvgIpc) is 2.81. The van der Waals surface area contributed by atoms with Crippen molar-refractivity contribution >= 4 is 33.0 Å². The van der Waals surface area contributed by atoms with E-state index < -0.39 is 10.0 Å². The second-order valence-corrected chi connectivity index (χ2v) is 9.45. The molecule has 21 heavy (non-hydrogen) atoms. The summed E-state index contributed by atoms with van der Waals surface area (Å²) in [7, 11) is -3.42. The molecule has 6 heteroatoms. The highest BCUT2D eigenvalue weighted by Gasteiger charge is 2.48. The predicted molar refractivity (Wildman–Crippen MR) is 87.3 cm³/mol. The lowest BCUT2D eigenvalue weighted by Crippen LogP contribution is -2.27. The van der Waals surface area contributed by atoms with Gasteiger partial charge >= 0.3 is 0 Å². The van der Waals surface area contributed by atoms with E-state index in [2.05, 4.69) is 18.6 Å². The van der Waals surface area contributed by atoms with Crippen LogP contribution in [0.4, 0.5) is 0 Å². The Balaban J connectivity index is 1.83. The number of sulfonamides is 1. The van der Waals surface area contributed by atoms with Gasteiger partial charge in [-0.2, -0.15) is 0 Å². The molecule has 1 aromatic heterocycles. The van der Waals surface area contributed by atoms with E-state index >= 15 is 0 Å². The van der Waals surface area contributed by atoms with Crippen molar-refractivity contribution in [2.24, 2.45) is 5.41 Å². The molecule has 0 spiro atoms. The minimum Gasteiger partial charge on any atom is -0.207 e. The third-order valence-electron chi connectivity index (χ3n) is 3.79. The molecule has 1 heterocycles. The van der Waals surface area contributed by atoms with Crippen molar-refractivity contribution in [2.75, 3.05) is 0 Å². The number of nitrogens with one attached hydrogen (secondary N) is 1. The summed E-state index contributed by atoms with van der Waals surface area (Å²) in [5, 5.41) is 0.667. The van der Waals surface area contributed by atoms with Gasteiger partial charge in [-0.25, -0.2) is 13.1 Å². The second kappa shape index (κ2) is 5.09. The fourth-order valence-corrected chi connectivity index (χ4v) is 5.01. The molecule has 3 nitrogen and oxygen atoms in total. The minimum atomic E-state index is -3.42. The van der Waals surface area contributed by atoms with Gasteiger partial charge in [-0.05, 0) is 41.7 Å². The van der Waals surface area contributed by atoms with Crippen LogP contribution >= 0.6 is 22.9 Å². The molecule has 1 aromatic carbocycles. The van der Waals surface area contributed by atoms with E-state index in [4.69, 9.17) is 11.6 Å². The largest absolute Gasteiger partial charge is 0.250 e. The Hall–Kier alpha value is -0.880. The zero-order valence-corrected chi connectivity index (χ0v) is 14.1. The summed E-state index contributed by atoms with van der Waals surface area (Å²) in [5.74, 6) is 0. The molecule has 1 fully saturated rings. The number of hydrogen-bond donors (Lipinski definition) is 1. The highest BCUT2D eigenvalue weighted by atomic mass is 35.5. The average molecular weight is 342 g/mol. The van der Waals surface area contributed by atoms with Crippen LogP contribution in [-0.4, -0.2) is 14.5 Å². The van der Waals surface area contributed by atoms with Gasteiger partial charge in [0, 0.05) is 15.9 Å². The molecule has 1 saturated carbocycles. The molecule has 1 aliphatic carbocycles. The Kier molecular flexibility index (Phi) is 3.64. The molecule has 2 aromatic rings. The maximum atomic E-state index is 12.3. The van der Waals surface area contributed by atoms with Crippen molar-refractivity contribution in [2.45, 2.75) is 30.5 Å². The molecule has 1 unspecified atom stereocenters. The molecule has 0 radical (unpaired) electrons. The van der Waals surface area contributed by atoms with Crippen LogP contribution in [0.15, 0.2) is 40.6 Å². The minimum absolute atomic E-state index is 0.0450. The molecule has 3 rings (SSSR count). The molecule has 112 valence electrons. The lowest BCUT2D eigenvalue weighted by molar-refractivity contribution is 0.556. The van der Waals surface area contributed by atoms with Crippen LogP contribution in [0.2, 0.25) is 5.02 Å². The molecule has 0 aliphatic heterocycles. The molecular weight excluding hydrogens is 326 g/mol. The van der Waals surface area contributed by atoms with Crippen molar-refractivity contribution < 1.29 is 8.42 Å². The number of benzene rings is 1. The number of thiophene rings is 1. The van der Waals surface area contributed by atoms with Crippen molar-refractivity contribution in [3.05, 3.63) is 41.4 Å². The Bertz CT molecular complexity index is 763. The van der Waals surface area contributed by atoms with Crippen molar-refractivity contribution in [3.8, 4) is 10.4 Å². The fourth-order valence-electron chi connectivity index (χ4n) is 2.15. The quantitative estimate of drug-likeness (QED) is 0.908. The standard InChI is InChI=1S/C15H16ClNO2S2/c1-15(2)9-13(15)17-21(18,19)14-8-7-12(20-14)10-3-5-11(16)6-4-10/h3-8,13,17H,9H2,1-2H3. The molecule has 0 amide bonds. The second-order valence-electron chi connectivity index (χ2n) is 5.99. The van der Waals surface area contributed by atoms with Crippen molar-refractivity contribution in [1.82, 2.24) is 4.72 Å². The first-order valence-electron chi connectivity index (χ1n) is 6.66. The summed E-state index contributed by atoms with van der Waals surface area (Å²) in [5.41, 5.74) is 1.04. The summed E-state index contributed by atoms with van der Waals surface area (Å²) < 4.78 is 27.8. The maximum Gasteiger partial charge on any atom is 0.250 e. The van der Waals surface area contributed by atoms with Gasteiger partial charge in [0.15, 0.2) is 0 Å². The van der Waals surface area contributed by atoms with Crippen molar-refractivity contribution in [3.63, 3.8) is 0 Å². The van der Waals surface area contributed by atoms with Crippen LogP contribution in [0.5, 0.6) is 0 Å². The van der Waals surface area contributed by atoms with E-state index in [-0.39, 0.29) is 11.5 Å². The van der Waals surface area contributed by atoms with E-state index in [0.29, 0.717) is 9.23 Å². The van der Waals surface area contributed by atoms with Crippen LogP contribution in [0, 0.1) is 5.41 Å². The smallest absolute Gasteiger partial charge is 0.207 e. The topological polar surface area (TPSA) is 46.2 Å². The highest BCUT2D eigenvalue weighted by molar-refractivity contribution is 7.91. The Morgan fingerprint density at radius 3 is 2.38 bits per heavy atom. The summed E-state index contributed by atoms with van der Waals surface area (Å²) >= 11 is 7.14. The SMILES string of the molecule is CC1(C)CC1NS(=O)(=O)c1ccc(-c2ccc(Cl)cc2)s1. The predicted octanol–water partition coefficient (Wildman–Crippen LogP) is 4.15. The van der Waals surface area contributed by atoms with E-state index in [1.165, 1.54) is 11.3 Å². The third kappa shape index (κ3) is 3.16. The molecule has 0 saturated heterocycles. The fraction of sp³-hybridized carbons (Fsp3) is 0.333. The Morgan fingerprint density at radius 2 is 1.81 bits per heavy atom. The molecular formula is C15H16ClNO2S2. The monoisotopic (exact) mass is 341 g/mol. The maximum absolute atomic E-state index is 12.3.